The number of likely N-dealkylation sites (tertiary alicyclic amines) is 1. The monoisotopic (exact) mass is 464 g/mol. The van der Waals surface area contributed by atoms with Crippen molar-refractivity contribution in [2.24, 2.45) is 5.73 Å². The smallest absolute Gasteiger partial charge is 0.252 e. The molecule has 0 spiro atoms. The topological polar surface area (TPSA) is 80.5 Å². The van der Waals surface area contributed by atoms with E-state index in [0.717, 1.165) is 48.2 Å². The fourth-order valence-corrected chi connectivity index (χ4v) is 4.74. The van der Waals surface area contributed by atoms with Gasteiger partial charge in [0.05, 0.1) is 29.1 Å². The number of hydrogen-bond acceptors (Lipinski definition) is 5. The number of primary amides is 1. The Morgan fingerprint density at radius 1 is 1.26 bits per heavy atom. The normalized spacial score (nSPS) is 15.1. The second kappa shape index (κ2) is 9.97. The number of piperidine rings is 1. The number of rotatable bonds is 7. The molecule has 1 saturated heterocycles. The minimum Gasteiger partial charge on any atom is -0.494 e. The number of nitrogens with two attached hydrogens (primary N) is 1. The summed E-state index contributed by atoms with van der Waals surface area (Å²) < 4.78 is 20.7. The number of benzene rings is 2. The van der Waals surface area contributed by atoms with Crippen molar-refractivity contribution in [1.29, 1.82) is 0 Å². The number of aryl methyl sites for hydroxylation is 1. The van der Waals surface area contributed by atoms with Gasteiger partial charge in [-0.3, -0.25) is 9.78 Å². The maximum absolute atomic E-state index is 14.7. The zero-order valence-electron chi connectivity index (χ0n) is 20.3. The van der Waals surface area contributed by atoms with E-state index in [0.29, 0.717) is 29.8 Å². The number of nitrogens with one attached hydrogen (secondary N) is 1. The Labute approximate surface area is 200 Å². The molecule has 1 fully saturated rings. The zero-order chi connectivity index (χ0) is 24.4. The van der Waals surface area contributed by atoms with Crippen molar-refractivity contribution < 1.29 is 13.9 Å². The molecule has 1 aliphatic rings. The molecule has 1 aromatic heterocycles. The fraction of sp³-hybridized carbons (Fsp3) is 0.407. The number of amides is 1. The van der Waals surface area contributed by atoms with Crippen LogP contribution in [0, 0.1) is 12.7 Å². The number of fused-ring (bicyclic) bond motifs is 1. The Morgan fingerprint density at radius 2 is 2.00 bits per heavy atom. The van der Waals surface area contributed by atoms with Crippen molar-refractivity contribution in [3.05, 3.63) is 59.0 Å². The highest BCUT2D eigenvalue weighted by Gasteiger charge is 2.26. The molecule has 34 heavy (non-hydrogen) atoms. The molecule has 2 aromatic carbocycles. The Hall–Kier alpha value is -3.19. The zero-order valence-corrected chi connectivity index (χ0v) is 20.3. The van der Waals surface area contributed by atoms with Crippen molar-refractivity contribution in [2.45, 2.75) is 52.5 Å². The number of pyridine rings is 1. The number of anilines is 2. The average molecular weight is 465 g/mol. The summed E-state index contributed by atoms with van der Waals surface area (Å²) in [6, 6.07) is 9.43. The van der Waals surface area contributed by atoms with E-state index < -0.39 is 11.7 Å². The van der Waals surface area contributed by atoms with E-state index in [-0.39, 0.29) is 11.3 Å². The molecule has 0 unspecified atom stereocenters. The standard InChI is InChI=1S/C27H33FN4O2/c1-5-34-25-14-24-20(13-19(25)18-8-10-32(11-9-18)16(2)3)26(21(15-30-24)27(29)33)31-23-7-6-17(4)12-22(23)28/h6-7,12-16,18H,5,8-11H2,1-4H3,(H2,29,33)(H,30,31). The summed E-state index contributed by atoms with van der Waals surface area (Å²) in [5.41, 5.74) is 9.21. The third kappa shape index (κ3) is 4.85. The largest absolute Gasteiger partial charge is 0.494 e. The van der Waals surface area contributed by atoms with Crippen molar-refractivity contribution >= 4 is 28.2 Å². The molecular formula is C27H33FN4O2. The molecule has 0 radical (unpaired) electrons. The van der Waals surface area contributed by atoms with Crippen LogP contribution < -0.4 is 15.8 Å². The molecule has 6 nitrogen and oxygen atoms in total. The summed E-state index contributed by atoms with van der Waals surface area (Å²) in [6.45, 7) is 10.8. The Balaban J connectivity index is 1.83. The number of halogens is 1. The van der Waals surface area contributed by atoms with Crippen molar-refractivity contribution in [1.82, 2.24) is 9.88 Å². The summed E-state index contributed by atoms with van der Waals surface area (Å²) >= 11 is 0. The van der Waals surface area contributed by atoms with Crippen molar-refractivity contribution in [3.63, 3.8) is 0 Å². The molecular weight excluding hydrogens is 431 g/mol. The fourth-order valence-electron chi connectivity index (χ4n) is 4.74. The van der Waals surface area contributed by atoms with Crippen LogP contribution in [0.2, 0.25) is 0 Å². The first kappa shape index (κ1) is 24.0. The Bertz CT molecular complexity index is 1200. The summed E-state index contributed by atoms with van der Waals surface area (Å²) in [5.74, 6) is 0.115. The average Bonchev–Trinajstić information content (AvgIpc) is 2.80. The minimum atomic E-state index is -0.620. The number of hydrogen-bond donors (Lipinski definition) is 2. The predicted octanol–water partition coefficient (Wildman–Crippen LogP) is 5.51. The van der Waals surface area contributed by atoms with E-state index in [1.165, 1.54) is 12.3 Å². The van der Waals surface area contributed by atoms with Crippen LogP contribution in [-0.2, 0) is 0 Å². The number of nitrogens with zero attached hydrogens (tertiary/aromatic N) is 2. The third-order valence-electron chi connectivity index (χ3n) is 6.65. The van der Waals surface area contributed by atoms with Gasteiger partial charge in [-0.1, -0.05) is 6.07 Å². The Kier molecular flexibility index (Phi) is 7.03. The first-order valence-corrected chi connectivity index (χ1v) is 11.9. The summed E-state index contributed by atoms with van der Waals surface area (Å²) in [5, 5.41) is 3.85. The lowest BCUT2D eigenvalue weighted by Crippen LogP contribution is -2.37. The van der Waals surface area contributed by atoms with E-state index in [1.807, 2.05) is 32.0 Å². The van der Waals surface area contributed by atoms with Crippen LogP contribution in [0.3, 0.4) is 0 Å². The molecule has 0 bridgehead atoms. The molecule has 180 valence electrons. The molecule has 7 heteroatoms. The van der Waals surface area contributed by atoms with E-state index in [9.17, 15) is 9.18 Å². The first-order valence-electron chi connectivity index (χ1n) is 11.9. The van der Waals surface area contributed by atoms with Gasteiger partial charge in [0.2, 0.25) is 0 Å². The Morgan fingerprint density at radius 3 is 2.62 bits per heavy atom. The van der Waals surface area contributed by atoms with Crippen LogP contribution >= 0.6 is 0 Å². The molecule has 1 aliphatic heterocycles. The second-order valence-electron chi connectivity index (χ2n) is 9.26. The summed E-state index contributed by atoms with van der Waals surface area (Å²) in [7, 11) is 0. The van der Waals surface area contributed by atoms with Crippen LogP contribution in [0.5, 0.6) is 5.75 Å². The van der Waals surface area contributed by atoms with Crippen molar-refractivity contribution in [3.8, 4) is 5.75 Å². The lowest BCUT2D eigenvalue weighted by Gasteiger charge is -2.35. The first-order chi connectivity index (χ1) is 16.3. The molecule has 0 saturated carbocycles. The number of ether oxygens (including phenoxy) is 1. The molecule has 0 aliphatic carbocycles. The number of carbonyl (C=O) groups is 1. The highest BCUT2D eigenvalue weighted by molar-refractivity contribution is 6.07. The van der Waals surface area contributed by atoms with Crippen LogP contribution in [-0.4, -0.2) is 41.5 Å². The van der Waals surface area contributed by atoms with E-state index in [2.05, 4.69) is 29.0 Å². The highest BCUT2D eigenvalue weighted by Crippen LogP contribution is 2.40. The minimum absolute atomic E-state index is 0.220. The van der Waals surface area contributed by atoms with Gasteiger partial charge in [-0.2, -0.15) is 0 Å². The molecule has 3 aromatic rings. The number of carbonyl (C=O) groups excluding carboxylic acids is 1. The van der Waals surface area contributed by atoms with Crippen LogP contribution in [0.15, 0.2) is 36.5 Å². The van der Waals surface area contributed by atoms with Gasteiger partial charge in [-0.25, -0.2) is 4.39 Å². The third-order valence-corrected chi connectivity index (χ3v) is 6.65. The quantitative estimate of drug-likeness (QED) is 0.482. The van der Waals surface area contributed by atoms with Gasteiger partial charge in [0.25, 0.3) is 5.91 Å². The van der Waals surface area contributed by atoms with Gasteiger partial charge < -0.3 is 20.7 Å². The van der Waals surface area contributed by atoms with Gasteiger partial charge in [0, 0.05) is 23.7 Å². The van der Waals surface area contributed by atoms with Crippen LogP contribution in [0.25, 0.3) is 10.9 Å². The van der Waals surface area contributed by atoms with Gasteiger partial charge in [0.1, 0.15) is 11.6 Å². The van der Waals surface area contributed by atoms with Crippen LogP contribution in [0.4, 0.5) is 15.8 Å². The van der Waals surface area contributed by atoms with Crippen LogP contribution in [0.1, 0.15) is 61.0 Å². The summed E-state index contributed by atoms with van der Waals surface area (Å²) in [6.07, 6.45) is 3.47. The highest BCUT2D eigenvalue weighted by atomic mass is 19.1. The lowest BCUT2D eigenvalue weighted by atomic mass is 9.87. The lowest BCUT2D eigenvalue weighted by molar-refractivity contribution is 0.100. The SMILES string of the molecule is CCOc1cc2ncc(C(N)=O)c(Nc3ccc(C)cc3F)c2cc1C1CCN(C(C)C)CC1. The molecule has 1 amide bonds. The van der Waals surface area contributed by atoms with Gasteiger partial charge >= 0.3 is 0 Å². The number of aromatic nitrogens is 1. The van der Waals surface area contributed by atoms with E-state index >= 15 is 0 Å². The van der Waals surface area contributed by atoms with Crippen molar-refractivity contribution in [2.75, 3.05) is 25.0 Å². The maximum Gasteiger partial charge on any atom is 0.252 e. The second-order valence-corrected chi connectivity index (χ2v) is 9.26. The maximum atomic E-state index is 14.7. The predicted molar refractivity (Wildman–Crippen MR) is 135 cm³/mol. The van der Waals surface area contributed by atoms with E-state index in [4.69, 9.17) is 10.5 Å². The van der Waals surface area contributed by atoms with Gasteiger partial charge in [-0.05, 0) is 88.9 Å². The van der Waals surface area contributed by atoms with Gasteiger partial charge in [0.15, 0.2) is 0 Å². The molecule has 2 heterocycles. The van der Waals surface area contributed by atoms with Gasteiger partial charge in [-0.15, -0.1) is 0 Å². The molecule has 0 atom stereocenters. The summed E-state index contributed by atoms with van der Waals surface area (Å²) in [4.78, 5) is 19.2. The molecule has 3 N–H and O–H groups in total. The van der Waals surface area contributed by atoms with E-state index in [1.54, 1.807) is 6.07 Å². The molecule has 4 rings (SSSR count).